The first-order valence-electron chi connectivity index (χ1n) is 6.71. The van der Waals surface area contributed by atoms with E-state index in [0.29, 0.717) is 41.1 Å². The SMILES string of the molecule is O=C(c1ccc(SC(F)F)cc1)N1CCC(c2nn[nH]n2)C1. The van der Waals surface area contributed by atoms with Crippen molar-refractivity contribution in [1.82, 2.24) is 25.5 Å². The van der Waals surface area contributed by atoms with Crippen molar-refractivity contribution in [1.29, 1.82) is 0 Å². The summed E-state index contributed by atoms with van der Waals surface area (Å²) in [5, 5.41) is 13.8. The average molecular weight is 325 g/mol. The molecule has 0 bridgehead atoms. The molecule has 6 nitrogen and oxygen atoms in total. The lowest BCUT2D eigenvalue weighted by Crippen LogP contribution is -2.28. The first-order chi connectivity index (χ1) is 10.6. The zero-order valence-electron chi connectivity index (χ0n) is 11.4. The number of aromatic amines is 1. The van der Waals surface area contributed by atoms with E-state index in [0.717, 1.165) is 6.42 Å². The molecular weight excluding hydrogens is 312 g/mol. The molecule has 22 heavy (non-hydrogen) atoms. The van der Waals surface area contributed by atoms with E-state index in [4.69, 9.17) is 0 Å². The normalized spacial score (nSPS) is 18.1. The predicted molar refractivity (Wildman–Crippen MR) is 75.7 cm³/mol. The molecule has 1 aromatic carbocycles. The fourth-order valence-electron chi connectivity index (χ4n) is 2.46. The molecule has 9 heteroatoms. The van der Waals surface area contributed by atoms with Crippen LogP contribution in [0.3, 0.4) is 0 Å². The number of amides is 1. The number of carbonyl (C=O) groups is 1. The molecule has 1 aliphatic rings. The summed E-state index contributed by atoms with van der Waals surface area (Å²) < 4.78 is 24.5. The lowest BCUT2D eigenvalue weighted by molar-refractivity contribution is 0.0790. The maximum atomic E-state index is 12.4. The molecule has 0 aliphatic carbocycles. The highest BCUT2D eigenvalue weighted by Crippen LogP contribution is 2.27. The van der Waals surface area contributed by atoms with Gasteiger partial charge < -0.3 is 4.90 Å². The molecule has 2 aromatic rings. The third-order valence-corrected chi connectivity index (χ3v) is 4.25. The summed E-state index contributed by atoms with van der Waals surface area (Å²) in [6, 6.07) is 6.23. The van der Waals surface area contributed by atoms with Crippen molar-refractivity contribution in [2.24, 2.45) is 0 Å². The van der Waals surface area contributed by atoms with Crippen LogP contribution in [0.4, 0.5) is 8.78 Å². The maximum Gasteiger partial charge on any atom is 0.288 e. The Bertz CT molecular complexity index is 634. The minimum atomic E-state index is -2.46. The summed E-state index contributed by atoms with van der Waals surface area (Å²) in [4.78, 5) is 14.6. The van der Waals surface area contributed by atoms with Gasteiger partial charge in [0.05, 0.1) is 0 Å². The Balaban J connectivity index is 1.64. The van der Waals surface area contributed by atoms with Gasteiger partial charge in [-0.15, -0.1) is 10.2 Å². The number of hydrogen-bond donors (Lipinski definition) is 1. The van der Waals surface area contributed by atoms with Crippen molar-refractivity contribution >= 4 is 17.7 Å². The van der Waals surface area contributed by atoms with Crippen LogP contribution in [-0.2, 0) is 0 Å². The van der Waals surface area contributed by atoms with Gasteiger partial charge in [0.2, 0.25) is 0 Å². The van der Waals surface area contributed by atoms with Crippen molar-refractivity contribution in [3.8, 4) is 0 Å². The van der Waals surface area contributed by atoms with Gasteiger partial charge in [-0.05, 0) is 30.7 Å². The van der Waals surface area contributed by atoms with Gasteiger partial charge in [-0.2, -0.15) is 14.0 Å². The number of benzene rings is 1. The average Bonchev–Trinajstić information content (AvgIpc) is 3.18. The molecule has 0 radical (unpaired) electrons. The zero-order chi connectivity index (χ0) is 15.5. The Kier molecular flexibility index (Phi) is 4.32. The van der Waals surface area contributed by atoms with E-state index in [9.17, 15) is 13.6 Å². The van der Waals surface area contributed by atoms with Gasteiger partial charge in [0.15, 0.2) is 5.82 Å². The predicted octanol–water partition coefficient (Wildman–Crippen LogP) is 2.14. The number of aromatic nitrogens is 4. The molecule has 2 heterocycles. The molecule has 1 N–H and O–H groups in total. The fraction of sp³-hybridized carbons (Fsp3) is 0.385. The lowest BCUT2D eigenvalue weighted by Gasteiger charge is -2.16. The van der Waals surface area contributed by atoms with Crippen molar-refractivity contribution in [2.45, 2.75) is 23.0 Å². The minimum Gasteiger partial charge on any atom is -0.338 e. The van der Waals surface area contributed by atoms with E-state index in [-0.39, 0.29) is 11.8 Å². The Morgan fingerprint density at radius 1 is 1.36 bits per heavy atom. The van der Waals surface area contributed by atoms with E-state index < -0.39 is 5.76 Å². The first kappa shape index (κ1) is 14.9. The zero-order valence-corrected chi connectivity index (χ0v) is 12.3. The number of nitrogens with one attached hydrogen (secondary N) is 1. The molecule has 1 aliphatic heterocycles. The standard InChI is InChI=1S/C13H13F2N5OS/c14-13(15)22-10-3-1-8(2-4-10)12(21)20-6-5-9(7-20)11-16-18-19-17-11/h1-4,9,13H,5-7H2,(H,16,17,18,19). The fourth-order valence-corrected chi connectivity index (χ4v) is 2.96. The van der Waals surface area contributed by atoms with E-state index in [1.54, 1.807) is 17.0 Å². The van der Waals surface area contributed by atoms with Gasteiger partial charge in [0.1, 0.15) is 0 Å². The van der Waals surface area contributed by atoms with Crippen LogP contribution in [0.15, 0.2) is 29.2 Å². The van der Waals surface area contributed by atoms with Crippen LogP contribution in [0.25, 0.3) is 0 Å². The molecule has 1 fully saturated rings. The number of halogens is 2. The number of alkyl halides is 2. The van der Waals surface area contributed by atoms with E-state index in [1.165, 1.54) is 12.1 Å². The van der Waals surface area contributed by atoms with Crippen LogP contribution in [0.2, 0.25) is 0 Å². The van der Waals surface area contributed by atoms with E-state index >= 15 is 0 Å². The highest BCUT2D eigenvalue weighted by atomic mass is 32.2. The second-order valence-electron chi connectivity index (χ2n) is 4.91. The molecule has 1 atom stereocenters. The first-order valence-corrected chi connectivity index (χ1v) is 7.59. The number of tetrazole rings is 1. The highest BCUT2D eigenvalue weighted by molar-refractivity contribution is 7.99. The number of thioether (sulfide) groups is 1. The summed E-state index contributed by atoms with van der Waals surface area (Å²) in [6.45, 7) is 1.15. The number of carbonyl (C=O) groups excluding carboxylic acids is 1. The van der Waals surface area contributed by atoms with Crippen molar-refractivity contribution in [3.05, 3.63) is 35.7 Å². The van der Waals surface area contributed by atoms with Gasteiger partial charge in [0.25, 0.3) is 11.7 Å². The van der Waals surface area contributed by atoms with Gasteiger partial charge in [0, 0.05) is 29.5 Å². The number of nitrogens with zero attached hydrogens (tertiary/aromatic N) is 4. The lowest BCUT2D eigenvalue weighted by atomic mass is 10.1. The summed E-state index contributed by atoms with van der Waals surface area (Å²) >= 11 is 0.465. The van der Waals surface area contributed by atoms with Crippen molar-refractivity contribution in [3.63, 3.8) is 0 Å². The third-order valence-electron chi connectivity index (χ3n) is 3.53. The van der Waals surface area contributed by atoms with Crippen LogP contribution < -0.4 is 0 Å². The number of H-pyrrole nitrogens is 1. The summed E-state index contributed by atoms with van der Waals surface area (Å²) in [6.07, 6.45) is 0.782. The third kappa shape index (κ3) is 3.24. The Labute approximate surface area is 129 Å². The molecule has 116 valence electrons. The molecule has 1 amide bonds. The molecule has 3 rings (SSSR count). The monoisotopic (exact) mass is 325 g/mol. The quantitative estimate of drug-likeness (QED) is 0.872. The van der Waals surface area contributed by atoms with Crippen LogP contribution in [0.5, 0.6) is 0 Å². The maximum absolute atomic E-state index is 12.4. The number of rotatable bonds is 4. The number of likely N-dealkylation sites (tertiary alicyclic amines) is 1. The second kappa shape index (κ2) is 6.39. The van der Waals surface area contributed by atoms with Crippen molar-refractivity contribution in [2.75, 3.05) is 13.1 Å². The topological polar surface area (TPSA) is 74.8 Å². The summed E-state index contributed by atoms with van der Waals surface area (Å²) in [5.41, 5.74) is 0.493. The van der Waals surface area contributed by atoms with Crippen LogP contribution in [0.1, 0.15) is 28.5 Å². The molecule has 1 saturated heterocycles. The Hall–Kier alpha value is -2.03. The van der Waals surface area contributed by atoms with Crippen LogP contribution in [-0.4, -0.2) is 50.3 Å². The smallest absolute Gasteiger partial charge is 0.288 e. The van der Waals surface area contributed by atoms with Crippen LogP contribution >= 0.6 is 11.8 Å². The van der Waals surface area contributed by atoms with Gasteiger partial charge in [-0.3, -0.25) is 4.79 Å². The Morgan fingerprint density at radius 3 is 2.77 bits per heavy atom. The molecule has 0 spiro atoms. The van der Waals surface area contributed by atoms with Crippen molar-refractivity contribution < 1.29 is 13.6 Å². The van der Waals surface area contributed by atoms with Gasteiger partial charge >= 0.3 is 0 Å². The Morgan fingerprint density at radius 2 is 2.14 bits per heavy atom. The van der Waals surface area contributed by atoms with Gasteiger partial charge in [-0.1, -0.05) is 17.0 Å². The second-order valence-corrected chi connectivity index (χ2v) is 5.97. The molecule has 0 saturated carbocycles. The van der Waals surface area contributed by atoms with E-state index in [2.05, 4.69) is 20.6 Å². The highest BCUT2D eigenvalue weighted by Gasteiger charge is 2.30. The molecular formula is C13H13F2N5OS. The summed E-state index contributed by atoms with van der Waals surface area (Å²) in [7, 11) is 0. The van der Waals surface area contributed by atoms with Gasteiger partial charge in [-0.25, -0.2) is 0 Å². The minimum absolute atomic E-state index is 0.0800. The van der Waals surface area contributed by atoms with E-state index in [1.807, 2.05) is 0 Å². The molecule has 1 unspecified atom stereocenters. The summed E-state index contributed by atoms with van der Waals surface area (Å²) in [5.74, 6) is -1.88. The van der Waals surface area contributed by atoms with Crippen LogP contribution in [0, 0.1) is 0 Å². The largest absolute Gasteiger partial charge is 0.338 e. The molecule has 1 aromatic heterocycles. The number of hydrogen-bond acceptors (Lipinski definition) is 5.